The number of rotatable bonds is 1. The van der Waals surface area contributed by atoms with Crippen LogP contribution in [-0.4, -0.2) is 25.5 Å². The van der Waals surface area contributed by atoms with E-state index in [1.165, 1.54) is 12.1 Å². The van der Waals surface area contributed by atoms with Crippen LogP contribution in [0.1, 0.15) is 12.8 Å². The minimum absolute atomic E-state index is 0.0535. The lowest BCUT2D eigenvalue weighted by atomic mass is 10.2. The van der Waals surface area contributed by atoms with E-state index in [-0.39, 0.29) is 11.7 Å². The van der Waals surface area contributed by atoms with Gasteiger partial charge in [0.2, 0.25) is 5.91 Å². The van der Waals surface area contributed by atoms with E-state index in [1.54, 1.807) is 17.0 Å². The zero-order chi connectivity index (χ0) is 11.4. The van der Waals surface area contributed by atoms with Gasteiger partial charge in [0.05, 0.1) is 0 Å². The van der Waals surface area contributed by atoms with Crippen molar-refractivity contribution in [3.63, 3.8) is 0 Å². The Morgan fingerprint density at radius 2 is 2.19 bits per heavy atom. The summed E-state index contributed by atoms with van der Waals surface area (Å²) in [5.74, 6) is -0.247. The third-order valence-corrected chi connectivity index (χ3v) is 2.67. The molecule has 1 aliphatic heterocycles. The summed E-state index contributed by atoms with van der Waals surface area (Å²) >= 11 is 0. The molecule has 1 amide bonds. The van der Waals surface area contributed by atoms with Crippen molar-refractivity contribution in [3.05, 3.63) is 30.1 Å². The summed E-state index contributed by atoms with van der Waals surface area (Å²) in [7, 11) is 0. The Kier molecular flexibility index (Phi) is 3.51. The van der Waals surface area contributed by atoms with Crippen LogP contribution in [0.5, 0.6) is 0 Å². The number of hydrogen-bond donors (Lipinski definition) is 1. The quantitative estimate of drug-likeness (QED) is 0.781. The van der Waals surface area contributed by atoms with E-state index in [0.29, 0.717) is 25.2 Å². The zero-order valence-electron chi connectivity index (χ0n) is 9.08. The van der Waals surface area contributed by atoms with Gasteiger partial charge in [0.1, 0.15) is 5.82 Å². The van der Waals surface area contributed by atoms with Crippen molar-refractivity contribution in [2.45, 2.75) is 12.8 Å². The van der Waals surface area contributed by atoms with Gasteiger partial charge in [-0.1, -0.05) is 6.07 Å². The number of nitrogens with zero attached hydrogens (tertiary/aromatic N) is 1. The summed E-state index contributed by atoms with van der Waals surface area (Å²) in [4.78, 5) is 13.5. The van der Waals surface area contributed by atoms with Crippen LogP contribution in [-0.2, 0) is 4.79 Å². The van der Waals surface area contributed by atoms with Crippen LogP contribution in [0, 0.1) is 5.82 Å². The molecule has 0 bridgehead atoms. The number of benzene rings is 1. The van der Waals surface area contributed by atoms with Crippen molar-refractivity contribution >= 4 is 11.6 Å². The van der Waals surface area contributed by atoms with Crippen molar-refractivity contribution in [2.75, 3.05) is 24.5 Å². The molecule has 0 aromatic heterocycles. The molecule has 1 fully saturated rings. The number of carbonyl (C=O) groups excluding carboxylic acids is 1. The molecule has 4 heteroatoms. The summed E-state index contributed by atoms with van der Waals surface area (Å²) in [6.07, 6.45) is 1.36. The van der Waals surface area contributed by atoms with Crippen molar-refractivity contribution in [3.8, 4) is 0 Å². The largest absolute Gasteiger partial charge is 0.316 e. The minimum Gasteiger partial charge on any atom is -0.316 e. The fourth-order valence-corrected chi connectivity index (χ4v) is 1.86. The molecule has 0 unspecified atom stereocenters. The summed E-state index contributed by atoms with van der Waals surface area (Å²) in [5, 5.41) is 3.18. The Balaban J connectivity index is 2.19. The van der Waals surface area contributed by atoms with E-state index in [4.69, 9.17) is 0 Å². The highest BCUT2D eigenvalue weighted by molar-refractivity contribution is 5.93. The van der Waals surface area contributed by atoms with E-state index in [2.05, 4.69) is 5.32 Å². The van der Waals surface area contributed by atoms with Crippen LogP contribution in [0.15, 0.2) is 24.3 Å². The first kappa shape index (κ1) is 11.1. The van der Waals surface area contributed by atoms with Crippen LogP contribution >= 0.6 is 0 Å². The second kappa shape index (κ2) is 5.07. The molecule has 0 spiro atoms. The second-order valence-corrected chi connectivity index (χ2v) is 3.88. The Bertz CT molecular complexity index is 381. The zero-order valence-corrected chi connectivity index (χ0v) is 9.08. The average Bonchev–Trinajstić information content (AvgIpc) is 2.24. The van der Waals surface area contributed by atoms with Crippen LogP contribution in [0.3, 0.4) is 0 Å². The van der Waals surface area contributed by atoms with Gasteiger partial charge in [-0.2, -0.15) is 0 Å². The lowest BCUT2D eigenvalue weighted by Crippen LogP contribution is -2.38. The van der Waals surface area contributed by atoms with Gasteiger partial charge in [-0.3, -0.25) is 4.79 Å². The summed E-state index contributed by atoms with van der Waals surface area (Å²) < 4.78 is 13.1. The molecule has 1 N–H and O–H groups in total. The molecular weight excluding hydrogens is 207 g/mol. The van der Waals surface area contributed by atoms with Gasteiger partial charge < -0.3 is 10.2 Å². The van der Waals surface area contributed by atoms with Gasteiger partial charge in [0.25, 0.3) is 0 Å². The van der Waals surface area contributed by atoms with Gasteiger partial charge in [0, 0.05) is 25.2 Å². The number of halogens is 1. The maximum absolute atomic E-state index is 13.1. The Hall–Kier alpha value is -1.42. The SMILES string of the molecule is O=C1CCNCCCN1c1cccc(F)c1. The summed E-state index contributed by atoms with van der Waals surface area (Å²) in [5.41, 5.74) is 0.659. The monoisotopic (exact) mass is 222 g/mol. The molecule has 0 radical (unpaired) electrons. The lowest BCUT2D eigenvalue weighted by molar-refractivity contribution is -0.118. The molecule has 1 heterocycles. The van der Waals surface area contributed by atoms with E-state index >= 15 is 0 Å². The average molecular weight is 222 g/mol. The molecule has 0 aliphatic carbocycles. The maximum atomic E-state index is 13.1. The lowest BCUT2D eigenvalue weighted by Gasteiger charge is -2.25. The minimum atomic E-state index is -0.300. The molecule has 0 saturated carbocycles. The van der Waals surface area contributed by atoms with Crippen LogP contribution < -0.4 is 10.2 Å². The number of amides is 1. The standard InChI is InChI=1S/C12H15FN2O/c13-10-3-1-4-11(9-10)15-8-2-6-14-7-5-12(15)16/h1,3-4,9,14H,2,5-8H2. The van der Waals surface area contributed by atoms with Gasteiger partial charge in [-0.25, -0.2) is 4.39 Å². The van der Waals surface area contributed by atoms with E-state index in [1.807, 2.05) is 0 Å². The highest BCUT2D eigenvalue weighted by Gasteiger charge is 2.17. The first-order chi connectivity index (χ1) is 7.77. The van der Waals surface area contributed by atoms with Gasteiger partial charge in [0.15, 0.2) is 0 Å². The highest BCUT2D eigenvalue weighted by atomic mass is 19.1. The topological polar surface area (TPSA) is 32.3 Å². The normalized spacial score (nSPS) is 18.1. The maximum Gasteiger partial charge on any atom is 0.228 e. The third-order valence-electron chi connectivity index (χ3n) is 2.67. The number of nitrogens with one attached hydrogen (secondary N) is 1. The fourth-order valence-electron chi connectivity index (χ4n) is 1.86. The fraction of sp³-hybridized carbons (Fsp3) is 0.417. The molecule has 16 heavy (non-hydrogen) atoms. The van der Waals surface area contributed by atoms with Crippen molar-refractivity contribution < 1.29 is 9.18 Å². The van der Waals surface area contributed by atoms with Crippen molar-refractivity contribution in [2.24, 2.45) is 0 Å². The van der Waals surface area contributed by atoms with Crippen molar-refractivity contribution in [1.82, 2.24) is 5.32 Å². The number of hydrogen-bond acceptors (Lipinski definition) is 2. The number of carbonyl (C=O) groups is 1. The molecule has 3 nitrogen and oxygen atoms in total. The second-order valence-electron chi connectivity index (χ2n) is 3.88. The number of anilines is 1. The first-order valence-electron chi connectivity index (χ1n) is 5.54. The van der Waals surface area contributed by atoms with Crippen molar-refractivity contribution in [1.29, 1.82) is 0 Å². The Labute approximate surface area is 94.3 Å². The smallest absolute Gasteiger partial charge is 0.228 e. The molecule has 1 aromatic rings. The Morgan fingerprint density at radius 3 is 3.00 bits per heavy atom. The van der Waals surface area contributed by atoms with Crippen LogP contribution in [0.25, 0.3) is 0 Å². The summed E-state index contributed by atoms with van der Waals surface area (Å²) in [6, 6.07) is 6.21. The molecule has 1 aromatic carbocycles. The van der Waals surface area contributed by atoms with E-state index in [0.717, 1.165) is 13.0 Å². The summed E-state index contributed by atoms with van der Waals surface area (Å²) in [6.45, 7) is 2.25. The predicted molar refractivity (Wildman–Crippen MR) is 60.9 cm³/mol. The third kappa shape index (κ3) is 2.58. The van der Waals surface area contributed by atoms with Gasteiger partial charge >= 0.3 is 0 Å². The van der Waals surface area contributed by atoms with E-state index < -0.39 is 0 Å². The molecule has 86 valence electrons. The molecule has 1 saturated heterocycles. The molecule has 2 rings (SSSR count). The van der Waals surface area contributed by atoms with Crippen LogP contribution in [0.4, 0.5) is 10.1 Å². The first-order valence-corrected chi connectivity index (χ1v) is 5.54. The highest BCUT2D eigenvalue weighted by Crippen LogP contribution is 2.17. The molecular formula is C12H15FN2O. The molecule has 0 atom stereocenters. The van der Waals surface area contributed by atoms with Gasteiger partial charge in [-0.15, -0.1) is 0 Å². The Morgan fingerprint density at radius 1 is 1.31 bits per heavy atom. The van der Waals surface area contributed by atoms with E-state index in [9.17, 15) is 9.18 Å². The van der Waals surface area contributed by atoms with Crippen LogP contribution in [0.2, 0.25) is 0 Å². The predicted octanol–water partition coefficient (Wildman–Crippen LogP) is 1.54. The molecule has 1 aliphatic rings. The van der Waals surface area contributed by atoms with Gasteiger partial charge in [-0.05, 0) is 31.2 Å².